The number of alkyl carbamates (subject to hydrolysis) is 1. The molecule has 0 spiro atoms. The number of rotatable bonds is 7. The van der Waals surface area contributed by atoms with Crippen LogP contribution >= 0.6 is 0 Å². The van der Waals surface area contributed by atoms with Crippen LogP contribution in [-0.2, 0) is 11.3 Å². The lowest BCUT2D eigenvalue weighted by Gasteiger charge is -2.19. The molecule has 5 N–H and O–H groups in total. The fourth-order valence-electron chi connectivity index (χ4n) is 2.14. The second-order valence-electron chi connectivity index (χ2n) is 5.27. The summed E-state index contributed by atoms with van der Waals surface area (Å²) in [7, 11) is 0. The first-order valence-electron chi connectivity index (χ1n) is 7.59. The summed E-state index contributed by atoms with van der Waals surface area (Å²) in [6.45, 7) is 0.329. The van der Waals surface area contributed by atoms with Crippen LogP contribution in [-0.4, -0.2) is 33.9 Å². The molecule has 0 bridgehead atoms. The van der Waals surface area contributed by atoms with Crippen LogP contribution in [0.2, 0.25) is 0 Å². The van der Waals surface area contributed by atoms with Crippen LogP contribution in [0.25, 0.3) is 0 Å². The maximum absolute atomic E-state index is 11.6. The smallest absolute Gasteiger partial charge is 0.407 e. The number of benzene rings is 1. The molecular formula is C17H21N3O4. The minimum Gasteiger partial charge on any atom is -0.445 e. The minimum absolute atomic E-state index is 0.149. The van der Waals surface area contributed by atoms with Gasteiger partial charge in [-0.25, -0.2) is 9.78 Å². The van der Waals surface area contributed by atoms with Gasteiger partial charge in [0.1, 0.15) is 18.5 Å². The average molecular weight is 331 g/mol. The number of nitrogen functional groups attached to an aromatic ring is 1. The number of carbonyl (C=O) groups excluding carboxylic acids is 1. The maximum atomic E-state index is 11.6. The fraction of sp³-hybridized carbons (Fsp3) is 0.294. The normalized spacial score (nSPS) is 13.1. The standard InChI is InChI=1S/C17H21N3O4/c18-16-13(7-4-9-19-16)15(22)14(21)8-10-20-17(23)24-11-12-5-2-1-3-6-12/h1-7,9,14-15,21-22H,8,10-11H2,(H2,18,19)(H,20,23). The van der Waals surface area contributed by atoms with Crippen molar-refractivity contribution in [2.75, 3.05) is 12.3 Å². The number of nitrogens with zero attached hydrogens (tertiary/aromatic N) is 1. The van der Waals surface area contributed by atoms with E-state index >= 15 is 0 Å². The van der Waals surface area contributed by atoms with Gasteiger partial charge >= 0.3 is 6.09 Å². The molecule has 1 aromatic heterocycles. The van der Waals surface area contributed by atoms with E-state index in [1.807, 2.05) is 30.3 Å². The Hall–Kier alpha value is -2.64. The number of carbonyl (C=O) groups is 1. The third-order valence-electron chi connectivity index (χ3n) is 3.48. The SMILES string of the molecule is Nc1ncccc1C(O)C(O)CCNC(=O)OCc1ccccc1. The first-order chi connectivity index (χ1) is 11.6. The van der Waals surface area contributed by atoms with Gasteiger partial charge in [0.2, 0.25) is 0 Å². The maximum Gasteiger partial charge on any atom is 0.407 e. The number of nitrogens with two attached hydrogens (primary N) is 1. The summed E-state index contributed by atoms with van der Waals surface area (Å²) in [6, 6.07) is 12.5. The van der Waals surface area contributed by atoms with Crippen LogP contribution < -0.4 is 11.1 Å². The Balaban J connectivity index is 1.71. The molecular weight excluding hydrogens is 310 g/mol. The van der Waals surface area contributed by atoms with Gasteiger partial charge in [-0.05, 0) is 18.1 Å². The Labute approximate surface area is 140 Å². The van der Waals surface area contributed by atoms with Crippen molar-refractivity contribution in [2.45, 2.75) is 25.2 Å². The molecule has 2 rings (SSSR count). The van der Waals surface area contributed by atoms with Crippen LogP contribution in [0, 0.1) is 0 Å². The predicted molar refractivity (Wildman–Crippen MR) is 88.9 cm³/mol. The van der Waals surface area contributed by atoms with Gasteiger partial charge in [-0.1, -0.05) is 36.4 Å². The molecule has 7 heteroatoms. The van der Waals surface area contributed by atoms with Crippen molar-refractivity contribution in [1.29, 1.82) is 0 Å². The molecule has 0 aliphatic carbocycles. The molecule has 0 saturated heterocycles. The summed E-state index contributed by atoms with van der Waals surface area (Å²) in [6.07, 6.45) is -1.17. The third-order valence-corrected chi connectivity index (χ3v) is 3.48. The molecule has 0 fully saturated rings. The Kier molecular flexibility index (Phi) is 6.53. The first-order valence-corrected chi connectivity index (χ1v) is 7.59. The summed E-state index contributed by atoms with van der Waals surface area (Å²) >= 11 is 0. The van der Waals surface area contributed by atoms with Gasteiger partial charge in [0.05, 0.1) is 6.10 Å². The summed E-state index contributed by atoms with van der Waals surface area (Å²) in [5.74, 6) is 0.166. The second kappa shape index (κ2) is 8.85. The molecule has 24 heavy (non-hydrogen) atoms. The predicted octanol–water partition coefficient (Wildman–Crippen LogP) is 1.37. The average Bonchev–Trinajstić information content (AvgIpc) is 2.60. The molecule has 2 atom stereocenters. The number of pyridine rings is 1. The molecule has 0 aliphatic heterocycles. The summed E-state index contributed by atoms with van der Waals surface area (Å²) in [5.41, 5.74) is 6.90. The van der Waals surface area contributed by atoms with Crippen LogP contribution in [0.5, 0.6) is 0 Å². The van der Waals surface area contributed by atoms with E-state index in [9.17, 15) is 15.0 Å². The van der Waals surface area contributed by atoms with E-state index in [1.165, 1.54) is 6.20 Å². The Morgan fingerprint density at radius 1 is 1.21 bits per heavy atom. The summed E-state index contributed by atoms with van der Waals surface area (Å²) < 4.78 is 5.05. The number of aliphatic hydroxyl groups is 2. The third kappa shape index (κ3) is 5.22. The van der Waals surface area contributed by atoms with Gasteiger partial charge < -0.3 is 26.0 Å². The van der Waals surface area contributed by atoms with E-state index in [0.717, 1.165) is 5.56 Å². The highest BCUT2D eigenvalue weighted by Gasteiger charge is 2.20. The monoisotopic (exact) mass is 331 g/mol. The van der Waals surface area contributed by atoms with Crippen molar-refractivity contribution in [2.24, 2.45) is 0 Å². The number of anilines is 1. The van der Waals surface area contributed by atoms with Gasteiger partial charge in [-0.3, -0.25) is 0 Å². The molecule has 1 aromatic carbocycles. The van der Waals surface area contributed by atoms with Gasteiger partial charge in [0.15, 0.2) is 0 Å². The van der Waals surface area contributed by atoms with E-state index in [4.69, 9.17) is 10.5 Å². The molecule has 128 valence electrons. The van der Waals surface area contributed by atoms with Crippen LogP contribution in [0.3, 0.4) is 0 Å². The van der Waals surface area contributed by atoms with E-state index in [1.54, 1.807) is 12.1 Å². The zero-order chi connectivity index (χ0) is 17.4. The highest BCUT2D eigenvalue weighted by atomic mass is 16.5. The van der Waals surface area contributed by atoms with Gasteiger partial charge in [-0.15, -0.1) is 0 Å². The van der Waals surface area contributed by atoms with E-state index in [0.29, 0.717) is 5.56 Å². The molecule has 7 nitrogen and oxygen atoms in total. The van der Waals surface area contributed by atoms with Crippen molar-refractivity contribution >= 4 is 11.9 Å². The largest absolute Gasteiger partial charge is 0.445 e. The van der Waals surface area contributed by atoms with Gasteiger partial charge in [0, 0.05) is 18.3 Å². The Morgan fingerprint density at radius 3 is 2.67 bits per heavy atom. The number of hydrogen-bond donors (Lipinski definition) is 4. The molecule has 2 unspecified atom stereocenters. The number of aromatic nitrogens is 1. The van der Waals surface area contributed by atoms with Crippen molar-refractivity contribution in [3.05, 3.63) is 59.8 Å². The molecule has 1 heterocycles. The Morgan fingerprint density at radius 2 is 1.96 bits per heavy atom. The number of ether oxygens (including phenoxy) is 1. The number of amides is 1. The minimum atomic E-state index is -1.17. The van der Waals surface area contributed by atoms with Crippen molar-refractivity contribution < 1.29 is 19.7 Å². The lowest BCUT2D eigenvalue weighted by Crippen LogP contribution is -2.30. The van der Waals surface area contributed by atoms with Crippen LogP contribution in [0.4, 0.5) is 10.6 Å². The zero-order valence-electron chi connectivity index (χ0n) is 13.1. The van der Waals surface area contributed by atoms with Gasteiger partial charge in [0.25, 0.3) is 0 Å². The van der Waals surface area contributed by atoms with Gasteiger partial charge in [-0.2, -0.15) is 0 Å². The number of aliphatic hydroxyl groups excluding tert-OH is 2. The van der Waals surface area contributed by atoms with Crippen molar-refractivity contribution in [3.8, 4) is 0 Å². The van der Waals surface area contributed by atoms with Crippen molar-refractivity contribution in [3.63, 3.8) is 0 Å². The quantitative estimate of drug-likeness (QED) is 0.609. The second-order valence-corrected chi connectivity index (χ2v) is 5.27. The first kappa shape index (κ1) is 17.7. The lowest BCUT2D eigenvalue weighted by atomic mass is 10.0. The molecule has 1 amide bonds. The fourth-order valence-corrected chi connectivity index (χ4v) is 2.14. The molecule has 0 saturated carbocycles. The van der Waals surface area contributed by atoms with E-state index < -0.39 is 18.3 Å². The van der Waals surface area contributed by atoms with E-state index in [2.05, 4.69) is 10.3 Å². The van der Waals surface area contributed by atoms with Crippen LogP contribution in [0.15, 0.2) is 48.7 Å². The Bertz CT molecular complexity index is 651. The molecule has 0 radical (unpaired) electrons. The molecule has 2 aromatic rings. The number of hydrogen-bond acceptors (Lipinski definition) is 6. The summed E-state index contributed by atoms with van der Waals surface area (Å²) in [4.78, 5) is 15.4. The van der Waals surface area contributed by atoms with E-state index in [-0.39, 0.29) is 25.4 Å². The topological polar surface area (TPSA) is 118 Å². The highest BCUT2D eigenvalue weighted by molar-refractivity contribution is 5.67. The lowest BCUT2D eigenvalue weighted by molar-refractivity contribution is 0.0139. The zero-order valence-corrected chi connectivity index (χ0v) is 13.1. The number of nitrogens with one attached hydrogen (secondary N) is 1. The highest BCUT2D eigenvalue weighted by Crippen LogP contribution is 2.22. The van der Waals surface area contributed by atoms with Crippen LogP contribution in [0.1, 0.15) is 23.7 Å². The molecule has 0 aliphatic rings. The van der Waals surface area contributed by atoms with Crippen molar-refractivity contribution in [1.82, 2.24) is 10.3 Å². The summed E-state index contributed by atoms with van der Waals surface area (Å²) in [5, 5.41) is 22.6.